The van der Waals surface area contributed by atoms with Crippen LogP contribution in [-0.2, 0) is 21.1 Å². The van der Waals surface area contributed by atoms with E-state index in [1.54, 1.807) is 0 Å². The lowest BCUT2D eigenvalue weighted by Crippen LogP contribution is -2.44. The fraction of sp³-hybridized carbons (Fsp3) is 0.500. The second-order valence-corrected chi connectivity index (χ2v) is 7.58. The van der Waals surface area contributed by atoms with Crippen LogP contribution in [0.3, 0.4) is 0 Å². The van der Waals surface area contributed by atoms with Crippen molar-refractivity contribution in [3.05, 3.63) is 29.8 Å². The number of ether oxygens (including phenoxy) is 1. The maximum atomic E-state index is 11.8. The average molecular weight is 312 g/mol. The second kappa shape index (κ2) is 6.44. The van der Waals surface area contributed by atoms with Crippen molar-refractivity contribution in [2.24, 2.45) is 5.73 Å². The highest BCUT2D eigenvalue weighted by molar-refractivity contribution is 7.90. The number of sulfone groups is 1. The monoisotopic (exact) mass is 312 g/mol. The molecule has 2 unspecified atom stereocenters. The maximum Gasteiger partial charge on any atom is 0.237 e. The molecule has 1 amide bonds. The van der Waals surface area contributed by atoms with Crippen LogP contribution in [-0.4, -0.2) is 45.0 Å². The Morgan fingerprint density at radius 1 is 1.48 bits per heavy atom. The number of nitrogens with one attached hydrogen (secondary N) is 1. The molecule has 6 nitrogen and oxygen atoms in total. The van der Waals surface area contributed by atoms with Crippen LogP contribution in [0.4, 0.5) is 0 Å². The summed E-state index contributed by atoms with van der Waals surface area (Å²) >= 11 is 0. The zero-order chi connectivity index (χ0) is 15.5. The number of hydrogen-bond acceptors (Lipinski definition) is 5. The van der Waals surface area contributed by atoms with Gasteiger partial charge < -0.3 is 15.8 Å². The van der Waals surface area contributed by atoms with Gasteiger partial charge in [-0.3, -0.25) is 4.79 Å². The molecule has 1 aliphatic heterocycles. The third-order valence-electron chi connectivity index (χ3n) is 3.35. The summed E-state index contributed by atoms with van der Waals surface area (Å²) in [5.41, 5.74) is 6.80. The minimum atomic E-state index is -3.10. The highest BCUT2D eigenvalue weighted by atomic mass is 32.2. The predicted molar refractivity (Wildman–Crippen MR) is 79.9 cm³/mol. The summed E-state index contributed by atoms with van der Waals surface area (Å²) in [5, 5.41) is 2.71. The Hall–Kier alpha value is -1.60. The first kappa shape index (κ1) is 15.8. The molecule has 0 saturated carbocycles. The molecule has 1 aromatic rings. The van der Waals surface area contributed by atoms with Crippen molar-refractivity contribution in [2.75, 3.05) is 18.6 Å². The van der Waals surface area contributed by atoms with Gasteiger partial charge >= 0.3 is 0 Å². The van der Waals surface area contributed by atoms with Crippen LogP contribution in [0.15, 0.2) is 24.3 Å². The van der Waals surface area contributed by atoms with Crippen molar-refractivity contribution >= 4 is 15.7 Å². The van der Waals surface area contributed by atoms with Gasteiger partial charge in [-0.15, -0.1) is 0 Å². The lowest BCUT2D eigenvalue weighted by molar-refractivity contribution is -0.122. The largest absolute Gasteiger partial charge is 0.488 e. The van der Waals surface area contributed by atoms with E-state index in [0.29, 0.717) is 6.54 Å². The van der Waals surface area contributed by atoms with Gasteiger partial charge in [0.25, 0.3) is 0 Å². The van der Waals surface area contributed by atoms with E-state index in [9.17, 15) is 13.2 Å². The molecular formula is C14H20N2O4S. The van der Waals surface area contributed by atoms with Gasteiger partial charge in [-0.25, -0.2) is 8.42 Å². The van der Waals surface area contributed by atoms with Gasteiger partial charge in [-0.1, -0.05) is 18.2 Å². The van der Waals surface area contributed by atoms with Crippen molar-refractivity contribution in [1.82, 2.24) is 5.32 Å². The molecule has 1 aromatic carbocycles. The Morgan fingerprint density at radius 2 is 2.19 bits per heavy atom. The van der Waals surface area contributed by atoms with Crippen molar-refractivity contribution in [2.45, 2.75) is 25.0 Å². The molecule has 2 rings (SSSR count). The number of carbonyl (C=O) groups excluding carboxylic acids is 1. The molecule has 1 heterocycles. The molecule has 0 spiro atoms. The van der Waals surface area contributed by atoms with E-state index in [1.807, 2.05) is 24.3 Å². The Labute approximate surface area is 124 Å². The third kappa shape index (κ3) is 4.71. The highest BCUT2D eigenvalue weighted by Crippen LogP contribution is 2.27. The number of benzene rings is 1. The van der Waals surface area contributed by atoms with Gasteiger partial charge in [0.05, 0.1) is 18.3 Å². The lowest BCUT2D eigenvalue weighted by Gasteiger charge is -2.15. The quantitative estimate of drug-likeness (QED) is 0.762. The minimum Gasteiger partial charge on any atom is -0.488 e. The Balaban J connectivity index is 1.75. The van der Waals surface area contributed by atoms with E-state index >= 15 is 0 Å². The first-order chi connectivity index (χ1) is 9.85. The summed E-state index contributed by atoms with van der Waals surface area (Å²) < 4.78 is 27.8. The summed E-state index contributed by atoms with van der Waals surface area (Å²) in [6, 6.07) is 6.93. The molecule has 21 heavy (non-hydrogen) atoms. The highest BCUT2D eigenvalue weighted by Gasteiger charge is 2.24. The van der Waals surface area contributed by atoms with Crippen molar-refractivity contribution in [3.8, 4) is 5.75 Å². The topological polar surface area (TPSA) is 98.5 Å². The Bertz CT molecular complexity index is 590. The number of rotatable bonds is 6. The molecule has 1 aliphatic rings. The first-order valence-electron chi connectivity index (χ1n) is 6.81. The smallest absolute Gasteiger partial charge is 0.237 e. The third-order valence-corrected chi connectivity index (χ3v) is 4.33. The zero-order valence-electron chi connectivity index (χ0n) is 11.9. The number of carbonyl (C=O) groups is 1. The Morgan fingerprint density at radius 3 is 2.86 bits per heavy atom. The number of nitrogens with two attached hydrogens (primary N) is 1. The van der Waals surface area contributed by atoms with E-state index in [0.717, 1.165) is 24.0 Å². The van der Waals surface area contributed by atoms with Crippen LogP contribution in [0.25, 0.3) is 0 Å². The molecule has 0 aliphatic carbocycles. The summed E-state index contributed by atoms with van der Waals surface area (Å²) in [7, 11) is -3.10. The van der Waals surface area contributed by atoms with Crippen molar-refractivity contribution < 1.29 is 17.9 Å². The SMILES string of the molecule is CS(=O)(=O)CCC(N)C(=O)NCC1Cc2ccccc2O1. The molecule has 7 heteroatoms. The number of amides is 1. The van der Waals surface area contributed by atoms with Gasteiger partial charge in [0.1, 0.15) is 21.7 Å². The van der Waals surface area contributed by atoms with Gasteiger partial charge in [0.2, 0.25) is 5.91 Å². The molecule has 0 saturated heterocycles. The predicted octanol–water partition coefficient (Wildman–Crippen LogP) is -0.132. The van der Waals surface area contributed by atoms with Gasteiger partial charge in [0, 0.05) is 12.7 Å². The molecule has 0 bridgehead atoms. The standard InChI is InChI=1S/C14H20N2O4S/c1-21(18,19)7-6-12(15)14(17)16-9-11-8-10-4-2-3-5-13(10)20-11/h2-5,11-12H,6-9,15H2,1H3,(H,16,17). The summed E-state index contributed by atoms with van der Waals surface area (Å²) in [6.45, 7) is 0.361. The van der Waals surface area contributed by atoms with E-state index in [1.165, 1.54) is 0 Å². The molecule has 2 atom stereocenters. The number of hydrogen-bond donors (Lipinski definition) is 2. The molecule has 3 N–H and O–H groups in total. The van der Waals surface area contributed by atoms with Crippen LogP contribution in [0, 0.1) is 0 Å². The number of fused-ring (bicyclic) bond motifs is 1. The fourth-order valence-corrected chi connectivity index (χ4v) is 2.87. The van der Waals surface area contributed by atoms with E-state index in [-0.39, 0.29) is 24.2 Å². The summed E-state index contributed by atoms with van der Waals surface area (Å²) in [6.07, 6.45) is 1.89. The summed E-state index contributed by atoms with van der Waals surface area (Å²) in [5.74, 6) is 0.406. The number of para-hydroxylation sites is 1. The van der Waals surface area contributed by atoms with Gasteiger partial charge in [-0.05, 0) is 18.1 Å². The molecule has 0 radical (unpaired) electrons. The van der Waals surface area contributed by atoms with Crippen LogP contribution < -0.4 is 15.8 Å². The van der Waals surface area contributed by atoms with Crippen molar-refractivity contribution in [1.29, 1.82) is 0 Å². The molecule has 0 aromatic heterocycles. The molecular weight excluding hydrogens is 292 g/mol. The first-order valence-corrected chi connectivity index (χ1v) is 8.87. The zero-order valence-corrected chi connectivity index (χ0v) is 12.7. The van der Waals surface area contributed by atoms with Crippen LogP contribution in [0.2, 0.25) is 0 Å². The van der Waals surface area contributed by atoms with Crippen LogP contribution >= 0.6 is 0 Å². The molecule has 0 fully saturated rings. The lowest BCUT2D eigenvalue weighted by atomic mass is 10.1. The van der Waals surface area contributed by atoms with Gasteiger partial charge in [-0.2, -0.15) is 0 Å². The van der Waals surface area contributed by atoms with E-state index in [2.05, 4.69) is 5.32 Å². The molecule has 116 valence electrons. The van der Waals surface area contributed by atoms with Crippen LogP contribution in [0.5, 0.6) is 5.75 Å². The van der Waals surface area contributed by atoms with Gasteiger partial charge in [0.15, 0.2) is 0 Å². The van der Waals surface area contributed by atoms with E-state index < -0.39 is 15.9 Å². The Kier molecular flexibility index (Phi) is 4.84. The van der Waals surface area contributed by atoms with Crippen LogP contribution in [0.1, 0.15) is 12.0 Å². The fourth-order valence-electron chi connectivity index (χ4n) is 2.19. The summed E-state index contributed by atoms with van der Waals surface area (Å²) in [4.78, 5) is 11.8. The second-order valence-electron chi connectivity index (χ2n) is 5.32. The maximum absolute atomic E-state index is 11.8. The average Bonchev–Trinajstić information content (AvgIpc) is 2.84. The van der Waals surface area contributed by atoms with E-state index in [4.69, 9.17) is 10.5 Å². The normalized spacial score (nSPS) is 18.7. The minimum absolute atomic E-state index is 0.0903. The van der Waals surface area contributed by atoms with Crippen molar-refractivity contribution in [3.63, 3.8) is 0 Å².